The second kappa shape index (κ2) is 5.17. The first-order chi connectivity index (χ1) is 8.46. The van der Waals surface area contributed by atoms with E-state index in [-0.39, 0.29) is 5.54 Å². The number of piperazine rings is 1. The van der Waals surface area contributed by atoms with Gasteiger partial charge in [0.1, 0.15) is 0 Å². The number of carboxylic acid groups (broad SMARTS) is 1. The first kappa shape index (κ1) is 13.8. The minimum atomic E-state index is -0.688. The molecule has 1 aliphatic carbocycles. The van der Waals surface area contributed by atoms with Crippen LogP contribution in [-0.2, 0) is 4.79 Å². The number of nitrogens with one attached hydrogen (secondary N) is 1. The number of carbonyl (C=O) groups is 1. The Morgan fingerprint density at radius 3 is 2.61 bits per heavy atom. The van der Waals surface area contributed by atoms with Crippen LogP contribution in [0, 0.1) is 5.41 Å². The summed E-state index contributed by atoms with van der Waals surface area (Å²) < 4.78 is 0. The van der Waals surface area contributed by atoms with E-state index in [1.165, 1.54) is 32.1 Å². The van der Waals surface area contributed by atoms with Gasteiger partial charge in [0.15, 0.2) is 0 Å². The molecule has 18 heavy (non-hydrogen) atoms. The molecule has 104 valence electrons. The van der Waals surface area contributed by atoms with Crippen molar-refractivity contribution in [2.45, 2.75) is 51.5 Å². The summed E-state index contributed by atoms with van der Waals surface area (Å²) in [6, 6.07) is 0. The van der Waals surface area contributed by atoms with Crippen LogP contribution < -0.4 is 5.32 Å². The number of aliphatic carboxylic acids is 1. The number of carboxylic acids is 1. The standard InChI is InChI=1S/C14H26N2O2/c1-13(2,12(17)18)11-16-9-8-15-10-14(16)6-4-3-5-7-14/h15H,3-11H2,1-2H3,(H,17,18). The monoisotopic (exact) mass is 254 g/mol. The normalized spacial score (nSPS) is 25.2. The van der Waals surface area contributed by atoms with Crippen LogP contribution in [0.3, 0.4) is 0 Å². The first-order valence-electron chi connectivity index (χ1n) is 7.16. The third-order valence-electron chi connectivity index (χ3n) is 4.63. The van der Waals surface area contributed by atoms with Gasteiger partial charge in [-0.1, -0.05) is 19.3 Å². The highest BCUT2D eigenvalue weighted by atomic mass is 16.4. The van der Waals surface area contributed by atoms with E-state index >= 15 is 0 Å². The molecule has 2 aliphatic rings. The van der Waals surface area contributed by atoms with Gasteiger partial charge in [-0.25, -0.2) is 0 Å². The van der Waals surface area contributed by atoms with Gasteiger partial charge in [-0.2, -0.15) is 0 Å². The predicted octanol–water partition coefficient (Wildman–Crippen LogP) is 1.71. The molecule has 0 aromatic carbocycles. The molecule has 0 amide bonds. The summed E-state index contributed by atoms with van der Waals surface area (Å²) >= 11 is 0. The van der Waals surface area contributed by atoms with Crippen LogP contribution in [0.2, 0.25) is 0 Å². The maximum Gasteiger partial charge on any atom is 0.310 e. The van der Waals surface area contributed by atoms with Crippen molar-refractivity contribution in [2.24, 2.45) is 5.41 Å². The van der Waals surface area contributed by atoms with Crippen molar-refractivity contribution >= 4 is 5.97 Å². The Labute approximate surface area is 110 Å². The molecule has 0 aromatic heterocycles. The largest absolute Gasteiger partial charge is 0.481 e. The molecule has 1 saturated carbocycles. The number of hydrogen-bond donors (Lipinski definition) is 2. The lowest BCUT2D eigenvalue weighted by atomic mass is 9.77. The van der Waals surface area contributed by atoms with Crippen molar-refractivity contribution in [3.63, 3.8) is 0 Å². The molecule has 0 aromatic rings. The molecule has 2 fully saturated rings. The highest BCUT2D eigenvalue weighted by Gasteiger charge is 2.43. The van der Waals surface area contributed by atoms with E-state index in [0.717, 1.165) is 19.6 Å². The Hall–Kier alpha value is -0.610. The van der Waals surface area contributed by atoms with Crippen molar-refractivity contribution in [1.82, 2.24) is 10.2 Å². The van der Waals surface area contributed by atoms with Crippen LogP contribution >= 0.6 is 0 Å². The van der Waals surface area contributed by atoms with Crippen molar-refractivity contribution in [2.75, 3.05) is 26.2 Å². The highest BCUT2D eigenvalue weighted by molar-refractivity contribution is 5.73. The SMILES string of the molecule is CC(C)(CN1CCNCC12CCCCC2)C(=O)O. The summed E-state index contributed by atoms with van der Waals surface area (Å²) in [5, 5.41) is 12.8. The second-order valence-electron chi connectivity index (χ2n) is 6.57. The fraction of sp³-hybridized carbons (Fsp3) is 0.929. The van der Waals surface area contributed by atoms with Crippen LogP contribution in [0.15, 0.2) is 0 Å². The summed E-state index contributed by atoms with van der Waals surface area (Å²) in [5.74, 6) is -0.688. The maximum absolute atomic E-state index is 11.3. The molecule has 1 aliphatic heterocycles. The zero-order chi connectivity index (χ0) is 13.2. The van der Waals surface area contributed by atoms with Crippen LogP contribution in [0.25, 0.3) is 0 Å². The van der Waals surface area contributed by atoms with Gasteiger partial charge >= 0.3 is 5.97 Å². The quantitative estimate of drug-likeness (QED) is 0.805. The van der Waals surface area contributed by atoms with E-state index in [2.05, 4.69) is 10.2 Å². The lowest BCUT2D eigenvalue weighted by Crippen LogP contribution is -2.64. The Kier molecular flexibility index (Phi) is 3.97. The number of rotatable bonds is 3. The third-order valence-corrected chi connectivity index (χ3v) is 4.63. The molecular formula is C14H26N2O2. The molecule has 4 nitrogen and oxygen atoms in total. The van der Waals surface area contributed by atoms with Gasteiger partial charge in [-0.3, -0.25) is 9.69 Å². The second-order valence-corrected chi connectivity index (χ2v) is 6.57. The van der Waals surface area contributed by atoms with Crippen molar-refractivity contribution in [3.05, 3.63) is 0 Å². The summed E-state index contributed by atoms with van der Waals surface area (Å²) in [7, 11) is 0. The minimum absolute atomic E-state index is 0.225. The number of nitrogens with zero attached hydrogens (tertiary/aromatic N) is 1. The average molecular weight is 254 g/mol. The van der Waals surface area contributed by atoms with E-state index in [9.17, 15) is 9.90 Å². The summed E-state index contributed by atoms with van der Waals surface area (Å²) in [4.78, 5) is 13.8. The fourth-order valence-corrected chi connectivity index (χ4v) is 3.38. The zero-order valence-corrected chi connectivity index (χ0v) is 11.7. The molecule has 0 unspecified atom stereocenters. The molecule has 4 heteroatoms. The molecular weight excluding hydrogens is 228 g/mol. The van der Waals surface area contributed by atoms with E-state index in [1.54, 1.807) is 0 Å². The Morgan fingerprint density at radius 1 is 1.33 bits per heavy atom. The third kappa shape index (κ3) is 2.69. The highest BCUT2D eigenvalue weighted by Crippen LogP contribution is 2.36. The number of hydrogen-bond acceptors (Lipinski definition) is 3. The van der Waals surface area contributed by atoms with Crippen molar-refractivity contribution < 1.29 is 9.90 Å². The zero-order valence-electron chi connectivity index (χ0n) is 11.7. The lowest BCUT2D eigenvalue weighted by molar-refractivity contribution is -0.149. The Bertz CT molecular complexity index is 301. The van der Waals surface area contributed by atoms with E-state index in [0.29, 0.717) is 6.54 Å². The Morgan fingerprint density at radius 2 is 2.00 bits per heavy atom. The predicted molar refractivity (Wildman–Crippen MR) is 71.7 cm³/mol. The summed E-state index contributed by atoms with van der Waals surface area (Å²) in [6.45, 7) is 7.35. The summed E-state index contributed by atoms with van der Waals surface area (Å²) in [6.07, 6.45) is 6.33. The van der Waals surface area contributed by atoms with Gasteiger partial charge in [0, 0.05) is 31.7 Å². The average Bonchev–Trinajstić information content (AvgIpc) is 2.33. The van der Waals surface area contributed by atoms with E-state index < -0.39 is 11.4 Å². The Balaban J connectivity index is 2.10. The van der Waals surface area contributed by atoms with Crippen molar-refractivity contribution in [1.29, 1.82) is 0 Å². The molecule has 0 bridgehead atoms. The maximum atomic E-state index is 11.3. The van der Waals surface area contributed by atoms with Crippen LogP contribution in [0.5, 0.6) is 0 Å². The molecule has 1 heterocycles. The molecule has 1 spiro atoms. The van der Waals surface area contributed by atoms with Gasteiger partial charge in [-0.15, -0.1) is 0 Å². The molecule has 1 saturated heterocycles. The molecule has 0 radical (unpaired) electrons. The lowest BCUT2D eigenvalue weighted by Gasteiger charge is -2.51. The summed E-state index contributed by atoms with van der Waals surface area (Å²) in [5.41, 5.74) is -0.426. The van der Waals surface area contributed by atoms with Gasteiger partial charge < -0.3 is 10.4 Å². The molecule has 2 rings (SSSR count). The van der Waals surface area contributed by atoms with Crippen molar-refractivity contribution in [3.8, 4) is 0 Å². The van der Waals surface area contributed by atoms with Crippen LogP contribution in [-0.4, -0.2) is 47.7 Å². The van der Waals surface area contributed by atoms with E-state index in [1.807, 2.05) is 13.8 Å². The smallest absolute Gasteiger partial charge is 0.310 e. The van der Waals surface area contributed by atoms with Gasteiger partial charge in [-0.05, 0) is 26.7 Å². The van der Waals surface area contributed by atoms with E-state index in [4.69, 9.17) is 0 Å². The molecule has 0 atom stereocenters. The minimum Gasteiger partial charge on any atom is -0.481 e. The first-order valence-corrected chi connectivity index (χ1v) is 7.16. The van der Waals surface area contributed by atoms with Gasteiger partial charge in [0.2, 0.25) is 0 Å². The van der Waals surface area contributed by atoms with Crippen LogP contribution in [0.1, 0.15) is 46.0 Å². The van der Waals surface area contributed by atoms with Crippen LogP contribution in [0.4, 0.5) is 0 Å². The fourth-order valence-electron chi connectivity index (χ4n) is 3.38. The molecule has 2 N–H and O–H groups in total. The topological polar surface area (TPSA) is 52.6 Å². The van der Waals surface area contributed by atoms with Gasteiger partial charge in [0.05, 0.1) is 5.41 Å². The van der Waals surface area contributed by atoms with Gasteiger partial charge in [0.25, 0.3) is 0 Å².